The van der Waals surface area contributed by atoms with Gasteiger partial charge < -0.3 is 13.7 Å². The van der Waals surface area contributed by atoms with Crippen LogP contribution in [-0.2, 0) is 12.8 Å². The molecule has 17 rings (SSSR count). The van der Waals surface area contributed by atoms with Crippen molar-refractivity contribution in [2.45, 2.75) is 78.1 Å². The lowest BCUT2D eigenvalue weighted by molar-refractivity contribution is 0.667. The van der Waals surface area contributed by atoms with E-state index in [9.17, 15) is 0 Å². The highest BCUT2D eigenvalue weighted by atomic mass is 15.0. The summed E-state index contributed by atoms with van der Waals surface area (Å²) in [6.45, 7) is 4.54. The van der Waals surface area contributed by atoms with Crippen LogP contribution in [0, 0.1) is 95.7 Å². The summed E-state index contributed by atoms with van der Waals surface area (Å²) in [4.78, 5) is 15.3. The molecule has 0 unspecified atom stereocenters. The monoisotopic (exact) mass is 1470 g/mol. The zero-order valence-electron chi connectivity index (χ0n) is 64.1. The van der Waals surface area contributed by atoms with Gasteiger partial charge in [-0.2, -0.15) is 0 Å². The van der Waals surface area contributed by atoms with Crippen molar-refractivity contribution in [1.82, 2.24) is 28.7 Å². The summed E-state index contributed by atoms with van der Waals surface area (Å²) in [7, 11) is 0. The van der Waals surface area contributed by atoms with Crippen LogP contribution in [0.2, 0.25) is 0 Å². The van der Waals surface area contributed by atoms with Crippen LogP contribution in [0.4, 0.5) is 0 Å². The Hall–Kier alpha value is -15.3. The number of aryl methyl sites for hydroxylation is 2. The molecular weight excluding hydrogens is 1390 g/mol. The Morgan fingerprint density at radius 3 is 0.922 bits per heavy atom. The van der Waals surface area contributed by atoms with Gasteiger partial charge in [-0.1, -0.05) is 222 Å². The Kier molecular flexibility index (Phi) is 21.2. The van der Waals surface area contributed by atoms with Gasteiger partial charge in [-0.3, -0.25) is 0 Å². The van der Waals surface area contributed by atoms with Gasteiger partial charge in [0.05, 0.1) is 33.1 Å². The van der Waals surface area contributed by atoms with E-state index in [2.05, 4.69) is 329 Å². The number of aromatic nitrogens is 6. The first-order chi connectivity index (χ1) is 56.8. The van der Waals surface area contributed by atoms with Crippen molar-refractivity contribution < 1.29 is 0 Å². The van der Waals surface area contributed by atoms with Crippen LogP contribution >= 0.6 is 0 Å². The van der Waals surface area contributed by atoms with Gasteiger partial charge in [0.15, 0.2) is 17.5 Å². The van der Waals surface area contributed by atoms with Gasteiger partial charge in [-0.05, 0) is 286 Å². The Morgan fingerprint density at radius 1 is 0.243 bits per heavy atom. The summed E-state index contributed by atoms with van der Waals surface area (Å²) in [5.74, 6) is 40.3. The van der Waals surface area contributed by atoms with Crippen LogP contribution in [0.15, 0.2) is 291 Å². The van der Waals surface area contributed by atoms with Crippen molar-refractivity contribution in [3.8, 4) is 191 Å². The number of hydrogen-bond donors (Lipinski definition) is 0. The minimum Gasteiger partial charge on any atom is -0.309 e. The second-order valence-corrected chi connectivity index (χ2v) is 28.9. The molecule has 6 nitrogen and oxygen atoms in total. The van der Waals surface area contributed by atoms with E-state index in [4.69, 9.17) is 27.8 Å². The van der Waals surface area contributed by atoms with Crippen molar-refractivity contribution in [2.75, 3.05) is 0 Å². The number of unbranched alkanes of at least 4 members (excludes halogenated alkanes) is 6. The number of benzene rings is 13. The average Bonchev–Trinajstić information content (AvgIpc) is 1.57. The van der Waals surface area contributed by atoms with Gasteiger partial charge in [0.25, 0.3) is 0 Å². The van der Waals surface area contributed by atoms with Crippen molar-refractivity contribution >= 4 is 65.4 Å². The summed E-state index contributed by atoms with van der Waals surface area (Å²) < 4.78 is 7.31. The van der Waals surface area contributed by atoms with E-state index in [0.29, 0.717) is 17.5 Å². The fourth-order valence-electron chi connectivity index (χ4n) is 15.9. The van der Waals surface area contributed by atoms with E-state index in [0.717, 1.165) is 145 Å². The average molecular weight is 1470 g/mol. The van der Waals surface area contributed by atoms with E-state index in [1.165, 1.54) is 84.7 Å². The molecule has 0 aliphatic carbocycles. The van der Waals surface area contributed by atoms with Crippen molar-refractivity contribution in [2.24, 2.45) is 0 Å². The molecule has 13 aromatic carbocycles. The molecule has 6 heteroatoms. The van der Waals surface area contributed by atoms with Crippen LogP contribution < -0.4 is 0 Å². The highest BCUT2D eigenvalue weighted by Gasteiger charge is 2.23. The van der Waals surface area contributed by atoms with E-state index < -0.39 is 0 Å². The molecule has 542 valence electrons. The molecule has 4 aromatic heterocycles. The van der Waals surface area contributed by atoms with E-state index in [-0.39, 0.29) is 0 Å². The molecule has 0 aliphatic heterocycles. The number of nitrogens with zero attached hydrogens (tertiary/aromatic N) is 6. The molecule has 0 fully saturated rings. The van der Waals surface area contributed by atoms with Crippen molar-refractivity contribution in [3.63, 3.8) is 0 Å². The minimum atomic E-state index is 0.588. The lowest BCUT2D eigenvalue weighted by atomic mass is 9.97. The fourth-order valence-corrected chi connectivity index (χ4v) is 15.9. The van der Waals surface area contributed by atoms with Gasteiger partial charge in [0, 0.05) is 77.2 Å². The molecular formula is C109H76N6. The lowest BCUT2D eigenvalue weighted by Gasteiger charge is -2.12. The summed E-state index contributed by atoms with van der Waals surface area (Å²) in [5, 5.41) is 6.76. The molecule has 0 atom stereocenters. The smallest absolute Gasteiger partial charge is 0.164 e. The maximum absolute atomic E-state index is 5.33. The van der Waals surface area contributed by atoms with Gasteiger partial charge in [-0.15, -0.1) is 12.8 Å². The fraction of sp³-hybridized carbons (Fsp3) is 0.110. The highest BCUT2D eigenvalue weighted by molar-refractivity contribution is 6.16. The SMILES string of the molecule is C#CC#CC#CC#Cc1cccc(-c2ccc3c(c2)c2cc(-c4cccc(CCCCCC)c4)ccc2n3-c2ccc3c(c2)c2cc(-n4c5ccc(-c6cccc(C#CC#CC#CC#C)c6)cc5c5cc(-c6cccc(CCCCCC)c6)ccc54)ccc2n3-c2ccc(-c3nc(-c4ccccc4)nc(-c4ccccc4)n3)cc2)c1. The molecule has 0 saturated heterocycles. The Morgan fingerprint density at radius 2 is 0.539 bits per heavy atom. The normalized spacial score (nSPS) is 10.8. The van der Waals surface area contributed by atoms with E-state index in [1.807, 2.05) is 72.8 Å². The molecule has 4 heterocycles. The molecule has 0 radical (unpaired) electrons. The first kappa shape index (κ1) is 72.6. The molecule has 0 spiro atoms. The maximum Gasteiger partial charge on any atom is 0.164 e. The van der Waals surface area contributed by atoms with Crippen LogP contribution in [0.1, 0.15) is 87.5 Å². The molecule has 0 saturated carbocycles. The third-order valence-electron chi connectivity index (χ3n) is 21.5. The number of hydrogen-bond acceptors (Lipinski definition) is 3. The lowest BCUT2D eigenvalue weighted by Crippen LogP contribution is -2.00. The first-order valence-corrected chi connectivity index (χ1v) is 39.4. The predicted molar refractivity (Wildman–Crippen MR) is 479 cm³/mol. The van der Waals surface area contributed by atoms with Gasteiger partial charge >= 0.3 is 0 Å². The van der Waals surface area contributed by atoms with Gasteiger partial charge in [0.2, 0.25) is 0 Å². The largest absolute Gasteiger partial charge is 0.309 e. The zero-order valence-corrected chi connectivity index (χ0v) is 64.1. The molecule has 17 aromatic rings. The number of rotatable bonds is 20. The van der Waals surface area contributed by atoms with Gasteiger partial charge in [0.1, 0.15) is 0 Å². The molecule has 0 N–H and O–H groups in total. The summed E-state index contributed by atoms with van der Waals surface area (Å²) in [6, 6.07) is 106. The quantitative estimate of drug-likeness (QED) is 0.0564. The van der Waals surface area contributed by atoms with Crippen LogP contribution in [0.25, 0.3) is 161 Å². The van der Waals surface area contributed by atoms with Crippen molar-refractivity contribution in [1.29, 1.82) is 0 Å². The standard InChI is InChI=1S/C109H76N6/c1-5-9-13-17-19-25-37-79-41-33-49-86(69-79)90-55-63-103-97(73-90)95-71-88(84-47-31-39-77(67-84)35-23-15-11-7-3)53-61-101(95)114(103)93-59-65-105-99(75-93)100-76-94(60-66-106(100)113(105)92-57-51-83(52-58-92)109-111-107(81-43-27-21-28-44-81)110-108(112-109)82-45-29-22-30-46-82)115-102-62-54-89(85-48-32-40-78(68-85)36-24-16-12-8-4)72-96(102)98-74-91(56-64-104(98)115)87-50-34-42-80(70-87)38-26-20-18-14-10-6-2/h1-2,21-22,27-34,39-76H,7-8,11-12,15-16,23-24,35-36H2,3-4H3. The van der Waals surface area contributed by atoms with Crippen LogP contribution in [0.3, 0.4) is 0 Å². The first-order valence-electron chi connectivity index (χ1n) is 39.4. The predicted octanol–water partition coefficient (Wildman–Crippen LogP) is 25.1. The Bertz CT molecular complexity index is 6770. The molecule has 0 aliphatic rings. The summed E-state index contributed by atoms with van der Waals surface area (Å²) >= 11 is 0. The van der Waals surface area contributed by atoms with Crippen LogP contribution in [-0.4, -0.2) is 28.7 Å². The van der Waals surface area contributed by atoms with E-state index >= 15 is 0 Å². The Labute approximate surface area is 672 Å². The number of terminal acetylenes is 2. The molecule has 115 heavy (non-hydrogen) atoms. The third-order valence-corrected chi connectivity index (χ3v) is 21.5. The minimum absolute atomic E-state index is 0.588. The summed E-state index contributed by atoms with van der Waals surface area (Å²) in [6.07, 6.45) is 22.5. The third kappa shape index (κ3) is 15.4. The number of fused-ring (bicyclic) bond motifs is 9. The Balaban J connectivity index is 0.856. The highest BCUT2D eigenvalue weighted by Crippen LogP contribution is 2.44. The second-order valence-electron chi connectivity index (χ2n) is 28.9. The second kappa shape index (κ2) is 33.5. The van der Waals surface area contributed by atoms with Gasteiger partial charge in [-0.25, -0.2) is 15.0 Å². The van der Waals surface area contributed by atoms with E-state index in [1.54, 1.807) is 0 Å². The maximum atomic E-state index is 5.33. The molecule has 0 amide bonds. The zero-order chi connectivity index (χ0) is 77.8. The molecule has 0 bridgehead atoms. The van der Waals surface area contributed by atoms with Crippen molar-refractivity contribution in [3.05, 3.63) is 313 Å². The van der Waals surface area contributed by atoms with Crippen LogP contribution in [0.5, 0.6) is 0 Å². The summed E-state index contributed by atoms with van der Waals surface area (Å²) in [5.41, 5.74) is 25.6. The topological polar surface area (TPSA) is 53.5 Å².